The van der Waals surface area contributed by atoms with E-state index in [1.807, 2.05) is 30.3 Å². The number of benzene rings is 1. The molecule has 0 N–H and O–H groups in total. The molecule has 2 rings (SSSR count). The molecule has 0 aliphatic carbocycles. The monoisotopic (exact) mass is 244 g/mol. The second-order valence-corrected chi connectivity index (χ2v) is 4.02. The average molecular weight is 244 g/mol. The van der Waals surface area contributed by atoms with Gasteiger partial charge in [0.15, 0.2) is 0 Å². The van der Waals surface area contributed by atoms with E-state index in [1.165, 1.54) is 17.7 Å². The number of nitrogens with zero attached hydrogens (tertiary/aromatic N) is 2. The van der Waals surface area contributed by atoms with Gasteiger partial charge in [-0.05, 0) is 12.5 Å². The Balaban J connectivity index is 2.77. The first-order valence-electron chi connectivity index (χ1n) is 5.43. The summed E-state index contributed by atoms with van der Waals surface area (Å²) in [5.41, 5.74) is 1.27. The first kappa shape index (κ1) is 12.0. The van der Waals surface area contributed by atoms with Gasteiger partial charge in [0, 0.05) is 24.4 Å². The van der Waals surface area contributed by atoms with Crippen molar-refractivity contribution in [1.82, 2.24) is 4.57 Å². The Bertz CT molecular complexity index is 660. The summed E-state index contributed by atoms with van der Waals surface area (Å²) in [6.07, 6.45) is 0. The van der Waals surface area contributed by atoms with Crippen molar-refractivity contribution in [1.29, 1.82) is 0 Å². The Morgan fingerprint density at radius 2 is 1.83 bits per heavy atom. The summed E-state index contributed by atoms with van der Waals surface area (Å²) >= 11 is 0. The van der Waals surface area contributed by atoms with Gasteiger partial charge in [-0.15, -0.1) is 0 Å². The van der Waals surface area contributed by atoms with Crippen LogP contribution in [0.4, 0.5) is 5.69 Å². The lowest BCUT2D eigenvalue weighted by molar-refractivity contribution is -0.386. The molecule has 5 heteroatoms. The Labute approximate surface area is 103 Å². The van der Waals surface area contributed by atoms with Gasteiger partial charge in [-0.3, -0.25) is 14.9 Å². The van der Waals surface area contributed by atoms with Crippen LogP contribution in [0.5, 0.6) is 0 Å². The van der Waals surface area contributed by atoms with Crippen molar-refractivity contribution in [3.05, 3.63) is 62.6 Å². The second-order valence-electron chi connectivity index (χ2n) is 4.02. The molecule has 0 fully saturated rings. The molecule has 5 nitrogen and oxygen atoms in total. The Morgan fingerprint density at radius 1 is 1.22 bits per heavy atom. The summed E-state index contributed by atoms with van der Waals surface area (Å²) < 4.78 is 1.31. The van der Waals surface area contributed by atoms with Crippen LogP contribution in [0.3, 0.4) is 0 Å². The maximum atomic E-state index is 11.7. The first-order valence-corrected chi connectivity index (χ1v) is 5.43. The van der Waals surface area contributed by atoms with E-state index in [0.29, 0.717) is 11.3 Å². The third kappa shape index (κ3) is 1.90. The lowest BCUT2D eigenvalue weighted by Crippen LogP contribution is -2.22. The zero-order chi connectivity index (χ0) is 13.3. The van der Waals surface area contributed by atoms with Crippen molar-refractivity contribution in [3.8, 4) is 11.1 Å². The van der Waals surface area contributed by atoms with Crippen LogP contribution >= 0.6 is 0 Å². The molecule has 0 spiro atoms. The van der Waals surface area contributed by atoms with Gasteiger partial charge in [0.1, 0.15) is 0 Å². The van der Waals surface area contributed by atoms with Gasteiger partial charge in [-0.1, -0.05) is 30.3 Å². The third-order valence-corrected chi connectivity index (χ3v) is 2.98. The Morgan fingerprint density at radius 3 is 2.39 bits per heavy atom. The molecule has 0 saturated heterocycles. The van der Waals surface area contributed by atoms with Crippen LogP contribution in [-0.4, -0.2) is 9.49 Å². The molecule has 0 saturated carbocycles. The van der Waals surface area contributed by atoms with Gasteiger partial charge < -0.3 is 4.57 Å². The number of pyridine rings is 1. The molecule has 0 aliphatic rings. The molecule has 1 aromatic carbocycles. The number of rotatable bonds is 2. The molecule has 0 amide bonds. The minimum atomic E-state index is -0.645. The third-order valence-electron chi connectivity index (χ3n) is 2.98. The lowest BCUT2D eigenvalue weighted by atomic mass is 10.0. The fourth-order valence-corrected chi connectivity index (χ4v) is 1.85. The van der Waals surface area contributed by atoms with Crippen molar-refractivity contribution in [3.63, 3.8) is 0 Å². The molecule has 1 aromatic heterocycles. The van der Waals surface area contributed by atoms with Crippen LogP contribution in [0.1, 0.15) is 5.69 Å². The molecular formula is C13H12N2O3. The molecule has 0 atom stereocenters. The van der Waals surface area contributed by atoms with Crippen molar-refractivity contribution < 1.29 is 4.92 Å². The number of nitro groups is 1. The topological polar surface area (TPSA) is 65.1 Å². The molecule has 0 unspecified atom stereocenters. The van der Waals surface area contributed by atoms with Crippen molar-refractivity contribution in [2.24, 2.45) is 7.05 Å². The fourth-order valence-electron chi connectivity index (χ4n) is 1.85. The normalized spacial score (nSPS) is 10.3. The standard InChI is InChI=1S/C13H12N2O3/c1-9-11(10-6-4-3-5-7-10)8-12(15(17)18)13(16)14(9)2/h3-8H,1-2H3. The van der Waals surface area contributed by atoms with Crippen LogP contribution < -0.4 is 5.56 Å². The Hall–Kier alpha value is -2.43. The van der Waals surface area contributed by atoms with E-state index in [4.69, 9.17) is 0 Å². The predicted octanol–water partition coefficient (Wildman–Crippen LogP) is 2.27. The summed E-state index contributed by atoms with van der Waals surface area (Å²) in [5.74, 6) is 0. The zero-order valence-electron chi connectivity index (χ0n) is 10.1. The fraction of sp³-hybridized carbons (Fsp3) is 0.154. The highest BCUT2D eigenvalue weighted by Crippen LogP contribution is 2.24. The smallest absolute Gasteiger partial charge is 0.309 e. The van der Waals surface area contributed by atoms with Crippen LogP contribution in [0, 0.1) is 17.0 Å². The van der Waals surface area contributed by atoms with E-state index in [2.05, 4.69) is 0 Å². The van der Waals surface area contributed by atoms with Crippen LogP contribution in [0.15, 0.2) is 41.2 Å². The van der Waals surface area contributed by atoms with E-state index in [9.17, 15) is 14.9 Å². The molecule has 18 heavy (non-hydrogen) atoms. The molecule has 2 aromatic rings. The number of aromatic nitrogens is 1. The quantitative estimate of drug-likeness (QED) is 0.601. The van der Waals surface area contributed by atoms with Crippen LogP contribution in [-0.2, 0) is 7.05 Å². The van der Waals surface area contributed by atoms with E-state index in [1.54, 1.807) is 6.92 Å². The lowest BCUT2D eigenvalue weighted by Gasteiger charge is -2.10. The molecule has 0 bridgehead atoms. The van der Waals surface area contributed by atoms with E-state index < -0.39 is 16.2 Å². The van der Waals surface area contributed by atoms with Crippen LogP contribution in [0.2, 0.25) is 0 Å². The van der Waals surface area contributed by atoms with Gasteiger partial charge in [-0.2, -0.15) is 0 Å². The average Bonchev–Trinajstić information content (AvgIpc) is 2.37. The van der Waals surface area contributed by atoms with Crippen LogP contribution in [0.25, 0.3) is 11.1 Å². The molecule has 1 heterocycles. The van der Waals surface area contributed by atoms with Gasteiger partial charge in [0.2, 0.25) is 0 Å². The van der Waals surface area contributed by atoms with E-state index in [0.717, 1.165) is 5.56 Å². The summed E-state index contributed by atoms with van der Waals surface area (Å²) in [6.45, 7) is 1.77. The van der Waals surface area contributed by atoms with Gasteiger partial charge in [0.25, 0.3) is 0 Å². The first-order chi connectivity index (χ1) is 8.52. The second kappa shape index (κ2) is 4.44. The van der Waals surface area contributed by atoms with Crippen molar-refractivity contribution >= 4 is 5.69 Å². The van der Waals surface area contributed by atoms with E-state index >= 15 is 0 Å². The van der Waals surface area contributed by atoms with Crippen molar-refractivity contribution in [2.45, 2.75) is 6.92 Å². The largest absolute Gasteiger partial charge is 0.334 e. The van der Waals surface area contributed by atoms with Crippen molar-refractivity contribution in [2.75, 3.05) is 0 Å². The Kier molecular flexibility index (Phi) is 2.97. The van der Waals surface area contributed by atoms with Gasteiger partial charge in [0.05, 0.1) is 4.92 Å². The SMILES string of the molecule is Cc1c(-c2ccccc2)cc([N+](=O)[O-])c(=O)n1C. The summed E-state index contributed by atoms with van der Waals surface area (Å²) in [5, 5.41) is 10.9. The summed E-state index contributed by atoms with van der Waals surface area (Å²) in [6, 6.07) is 10.6. The minimum absolute atomic E-state index is 0.401. The van der Waals surface area contributed by atoms with Gasteiger partial charge >= 0.3 is 11.2 Å². The highest BCUT2D eigenvalue weighted by molar-refractivity contribution is 5.68. The maximum Gasteiger partial charge on any atom is 0.334 e. The minimum Gasteiger partial charge on any atom is -0.309 e. The highest BCUT2D eigenvalue weighted by Gasteiger charge is 2.18. The molecule has 0 radical (unpaired) electrons. The molecule has 0 aliphatic heterocycles. The van der Waals surface area contributed by atoms with Gasteiger partial charge in [-0.25, -0.2) is 0 Å². The molecular weight excluding hydrogens is 232 g/mol. The predicted molar refractivity (Wildman–Crippen MR) is 68.5 cm³/mol. The zero-order valence-corrected chi connectivity index (χ0v) is 10.1. The molecule has 92 valence electrons. The number of hydrogen-bond donors (Lipinski definition) is 0. The summed E-state index contributed by atoms with van der Waals surface area (Å²) in [7, 11) is 1.54. The highest BCUT2D eigenvalue weighted by atomic mass is 16.6. The summed E-state index contributed by atoms with van der Waals surface area (Å²) in [4.78, 5) is 22.0. The maximum absolute atomic E-state index is 11.7. The van der Waals surface area contributed by atoms with E-state index in [-0.39, 0.29) is 0 Å². The number of hydrogen-bond acceptors (Lipinski definition) is 3.